The molecule has 3 heterocycles. The molecule has 0 bridgehead atoms. The van der Waals surface area contributed by atoms with Crippen LogP contribution in [0.4, 0.5) is 0 Å². The molecule has 63 heavy (non-hydrogen) atoms. The van der Waals surface area contributed by atoms with Crippen molar-refractivity contribution >= 4 is 71.0 Å². The summed E-state index contributed by atoms with van der Waals surface area (Å²) >= 11 is 0.0809. The number of aryl methyl sites for hydroxylation is 2. The minimum Gasteiger partial charge on any atom is 0 e. The van der Waals surface area contributed by atoms with Crippen molar-refractivity contribution in [1.29, 1.82) is 0 Å². The van der Waals surface area contributed by atoms with Crippen molar-refractivity contribution in [3.8, 4) is 39.5 Å². The zero-order valence-electron chi connectivity index (χ0n) is 37.6. The zero-order chi connectivity index (χ0) is 43.3. The molecule has 0 spiro atoms. The predicted molar refractivity (Wildman–Crippen MR) is 270 cm³/mol. The quantitative estimate of drug-likeness (QED) is 0.118. The first-order chi connectivity index (χ1) is 29.9. The summed E-state index contributed by atoms with van der Waals surface area (Å²) in [5.74, 6) is 8.77. The Balaban J connectivity index is 0.000000218. The number of pyridine rings is 1. The normalized spacial score (nSPS) is 11.7. The van der Waals surface area contributed by atoms with Gasteiger partial charge in [0, 0.05) is 30.5 Å². The number of aromatic nitrogens is 3. The van der Waals surface area contributed by atoms with Crippen molar-refractivity contribution in [3.63, 3.8) is 0 Å². The van der Waals surface area contributed by atoms with E-state index in [9.17, 15) is 0 Å². The number of imidazole rings is 1. The fourth-order valence-corrected chi connectivity index (χ4v) is 12.0. The molecule has 0 aliphatic rings. The number of rotatable bonds is 7. The third-order valence-electron chi connectivity index (χ3n) is 12.0. The predicted octanol–water partition coefficient (Wildman–Crippen LogP) is 15.6. The molecule has 0 saturated carbocycles. The Hall–Kier alpha value is -5.17. The number of hydrogen-bond donors (Lipinski definition) is 0. The summed E-state index contributed by atoms with van der Waals surface area (Å²) in [5, 5.41) is 5.05. The average molecular weight is 1080 g/mol. The van der Waals surface area contributed by atoms with E-state index in [4.69, 9.17) is 4.98 Å². The standard InChI is InChI=1S/C39H35N2S.C18H18GeN.Ir/c1-23(2)30-21-29(27-12-8-7-9-13-27)22-31(24(3)4)37(30)41-35-15-11-10-14-34(35)40-39(41)28-16-17-36-32(20-28)33-19-25(5)18-26(6)38(33)42-36;1-19(2,3)15-11-12-18(20-13-15)17-10-6-8-14-7-4-5-9-16(14)17;/h7-15,17-24H,1-6H3;4-9,11-13H,1-3H3;/q2*-1;. The Kier molecular flexibility index (Phi) is 12.8. The minimum absolute atomic E-state index is 0. The van der Waals surface area contributed by atoms with Gasteiger partial charge in [-0.1, -0.05) is 93.2 Å². The maximum Gasteiger partial charge on any atom is 0 e. The number of nitrogens with zero attached hydrogens (tertiary/aromatic N) is 3. The van der Waals surface area contributed by atoms with Crippen LogP contribution < -0.4 is 4.40 Å². The molecule has 7 aromatic carbocycles. The molecule has 3 aromatic heterocycles. The van der Waals surface area contributed by atoms with Crippen LogP contribution in [-0.4, -0.2) is 27.8 Å². The fraction of sp³-hybridized carbons (Fsp3) is 0.193. The molecule has 0 atom stereocenters. The Labute approximate surface area is 393 Å². The van der Waals surface area contributed by atoms with E-state index in [-0.39, 0.29) is 20.1 Å². The van der Waals surface area contributed by atoms with Crippen molar-refractivity contribution in [1.82, 2.24) is 14.5 Å². The van der Waals surface area contributed by atoms with Gasteiger partial charge in [0.05, 0.1) is 16.9 Å². The summed E-state index contributed by atoms with van der Waals surface area (Å²) in [6, 6.07) is 57.0. The average Bonchev–Trinajstić information content (AvgIpc) is 3.84. The number of thiophene rings is 1. The minimum atomic E-state index is -1.78. The molecule has 10 aromatic rings. The Bertz CT molecular complexity index is 3210. The number of benzene rings is 7. The second-order valence-corrected chi connectivity index (χ2v) is 30.0. The topological polar surface area (TPSA) is 30.7 Å². The van der Waals surface area contributed by atoms with Gasteiger partial charge >= 0.3 is 123 Å². The van der Waals surface area contributed by atoms with E-state index < -0.39 is 13.3 Å². The molecule has 0 aliphatic heterocycles. The molecule has 3 nitrogen and oxygen atoms in total. The van der Waals surface area contributed by atoms with Gasteiger partial charge in [0.2, 0.25) is 0 Å². The van der Waals surface area contributed by atoms with Crippen LogP contribution in [0, 0.1) is 26.0 Å². The molecule has 317 valence electrons. The first-order valence-electron chi connectivity index (χ1n) is 21.8. The van der Waals surface area contributed by atoms with E-state index in [1.807, 2.05) is 17.4 Å². The van der Waals surface area contributed by atoms with Crippen LogP contribution in [0.3, 0.4) is 0 Å². The first-order valence-corrected chi connectivity index (χ1v) is 29.9. The number of hydrogen-bond acceptors (Lipinski definition) is 3. The van der Waals surface area contributed by atoms with Gasteiger partial charge < -0.3 is 4.57 Å². The Morgan fingerprint density at radius 2 is 1.37 bits per heavy atom. The van der Waals surface area contributed by atoms with Crippen LogP contribution in [0.15, 0.2) is 146 Å². The van der Waals surface area contributed by atoms with Gasteiger partial charge in [-0.15, -0.1) is 23.8 Å². The molecular weight excluding hydrogens is 1020 g/mol. The van der Waals surface area contributed by atoms with Crippen molar-refractivity contribution in [2.75, 3.05) is 0 Å². The second kappa shape index (κ2) is 18.1. The Morgan fingerprint density at radius 1 is 0.667 bits per heavy atom. The van der Waals surface area contributed by atoms with Gasteiger partial charge in [-0.05, 0) is 87.9 Å². The SMILES string of the molecule is Cc1cc(C)c2sc3c[c-]c(-c4nc5ccccc5n4-c4c(C(C)C)cc(-c5ccccc5)cc4C(C)C)cc3c2c1.[CH3][Ge]([CH3])([CH3])[c]1ccc(-c2[c-]ccc3ccccc23)nc1.[Ir]. The van der Waals surface area contributed by atoms with Crippen molar-refractivity contribution < 1.29 is 20.1 Å². The molecular formula is C57H53GeIrN3S-2. The van der Waals surface area contributed by atoms with Crippen LogP contribution >= 0.6 is 11.3 Å². The van der Waals surface area contributed by atoms with Gasteiger partial charge in [0.1, 0.15) is 0 Å². The summed E-state index contributed by atoms with van der Waals surface area (Å²) in [6.45, 7) is 13.6. The van der Waals surface area contributed by atoms with Gasteiger partial charge in [0.15, 0.2) is 0 Å². The first kappa shape index (κ1) is 44.4. The summed E-state index contributed by atoms with van der Waals surface area (Å²) in [6.07, 6.45) is 2.06. The van der Waals surface area contributed by atoms with Crippen LogP contribution in [0.1, 0.15) is 61.8 Å². The van der Waals surface area contributed by atoms with E-state index in [0.717, 1.165) is 33.7 Å². The molecule has 0 unspecified atom stereocenters. The summed E-state index contributed by atoms with van der Waals surface area (Å²) < 4.78 is 6.48. The van der Waals surface area contributed by atoms with E-state index in [1.54, 1.807) is 0 Å². The maximum absolute atomic E-state index is 5.28. The molecule has 1 radical (unpaired) electrons. The maximum atomic E-state index is 5.28. The van der Waals surface area contributed by atoms with Crippen LogP contribution in [0.2, 0.25) is 17.3 Å². The molecule has 0 N–H and O–H groups in total. The van der Waals surface area contributed by atoms with E-state index in [1.165, 1.54) is 74.4 Å². The molecule has 0 aliphatic carbocycles. The summed E-state index contributed by atoms with van der Waals surface area (Å²) in [4.78, 5) is 9.96. The monoisotopic (exact) mass is 1080 g/mol. The third kappa shape index (κ3) is 8.74. The van der Waals surface area contributed by atoms with E-state index in [2.05, 4.69) is 220 Å². The Morgan fingerprint density at radius 3 is 2.06 bits per heavy atom. The second-order valence-electron chi connectivity index (χ2n) is 18.2. The van der Waals surface area contributed by atoms with Gasteiger partial charge in [0.25, 0.3) is 0 Å². The van der Waals surface area contributed by atoms with Crippen LogP contribution in [-0.2, 0) is 20.1 Å². The van der Waals surface area contributed by atoms with Gasteiger partial charge in [-0.2, -0.15) is 11.3 Å². The smallest absolute Gasteiger partial charge is 0 e. The zero-order valence-corrected chi connectivity index (χ0v) is 42.9. The summed E-state index contributed by atoms with van der Waals surface area (Å²) in [5.41, 5.74) is 14.3. The largest absolute Gasteiger partial charge is 0 e. The molecule has 0 fully saturated rings. The fourth-order valence-electron chi connectivity index (χ4n) is 8.71. The van der Waals surface area contributed by atoms with Crippen molar-refractivity contribution in [2.24, 2.45) is 0 Å². The third-order valence-corrected chi connectivity index (χ3v) is 17.5. The van der Waals surface area contributed by atoms with E-state index >= 15 is 0 Å². The van der Waals surface area contributed by atoms with Crippen molar-refractivity contribution in [3.05, 3.63) is 180 Å². The molecule has 6 heteroatoms. The molecule has 0 amide bonds. The van der Waals surface area contributed by atoms with Crippen molar-refractivity contribution in [2.45, 2.75) is 70.6 Å². The number of para-hydroxylation sites is 2. The summed E-state index contributed by atoms with van der Waals surface area (Å²) in [7, 11) is 0. The molecule has 10 rings (SSSR count). The van der Waals surface area contributed by atoms with Crippen LogP contribution in [0.5, 0.6) is 0 Å². The van der Waals surface area contributed by atoms with Gasteiger partial charge in [-0.3, -0.25) is 4.98 Å². The number of fused-ring (bicyclic) bond motifs is 5. The van der Waals surface area contributed by atoms with E-state index in [0.29, 0.717) is 11.8 Å². The van der Waals surface area contributed by atoms with Gasteiger partial charge in [-0.25, -0.2) is 0 Å². The molecule has 0 saturated heterocycles. The van der Waals surface area contributed by atoms with Crippen LogP contribution in [0.25, 0.3) is 81.4 Å².